The number of hydrogen-bond acceptors (Lipinski definition) is 4. The normalized spacial score (nSPS) is 11.5. The van der Waals surface area contributed by atoms with Gasteiger partial charge in [0.25, 0.3) is 0 Å². The molecule has 0 spiro atoms. The standard InChI is InChI=1S/C16H15BrFNO4S/c1-19(2)24(21,22)15-9-11(7-8-13(15)17)16(20)23-10-12-5-3-4-6-14(12)18/h3-9H,10H2,1-2H3. The van der Waals surface area contributed by atoms with Gasteiger partial charge < -0.3 is 4.74 Å². The molecule has 2 rings (SSSR count). The fourth-order valence-electron chi connectivity index (χ4n) is 1.87. The van der Waals surface area contributed by atoms with E-state index in [1.807, 2.05) is 0 Å². The van der Waals surface area contributed by atoms with Crippen LogP contribution in [-0.4, -0.2) is 32.8 Å². The van der Waals surface area contributed by atoms with Crippen molar-refractivity contribution in [2.24, 2.45) is 0 Å². The molecule has 0 fully saturated rings. The summed E-state index contributed by atoms with van der Waals surface area (Å²) in [7, 11) is -0.931. The van der Waals surface area contributed by atoms with Crippen molar-refractivity contribution in [3.8, 4) is 0 Å². The van der Waals surface area contributed by atoms with Gasteiger partial charge in [-0.25, -0.2) is 21.9 Å². The van der Waals surface area contributed by atoms with E-state index in [9.17, 15) is 17.6 Å². The molecule has 0 saturated carbocycles. The Labute approximate surface area is 148 Å². The van der Waals surface area contributed by atoms with E-state index in [0.29, 0.717) is 4.47 Å². The fourth-order valence-corrected chi connectivity index (χ4v) is 3.71. The van der Waals surface area contributed by atoms with Gasteiger partial charge in [-0.15, -0.1) is 0 Å². The number of esters is 1. The van der Waals surface area contributed by atoms with E-state index in [4.69, 9.17) is 4.74 Å². The summed E-state index contributed by atoms with van der Waals surface area (Å²) in [5.74, 6) is -1.21. The number of sulfonamides is 1. The average Bonchev–Trinajstić information content (AvgIpc) is 2.54. The predicted molar refractivity (Wildman–Crippen MR) is 90.5 cm³/mol. The van der Waals surface area contributed by atoms with Gasteiger partial charge in [0.15, 0.2) is 0 Å². The maximum Gasteiger partial charge on any atom is 0.338 e. The van der Waals surface area contributed by atoms with Gasteiger partial charge >= 0.3 is 5.97 Å². The zero-order chi connectivity index (χ0) is 17.9. The largest absolute Gasteiger partial charge is 0.457 e. The molecule has 0 unspecified atom stereocenters. The molecule has 24 heavy (non-hydrogen) atoms. The molecule has 5 nitrogen and oxygen atoms in total. The van der Waals surface area contributed by atoms with E-state index in [2.05, 4.69) is 15.9 Å². The van der Waals surface area contributed by atoms with Crippen LogP contribution in [0.5, 0.6) is 0 Å². The van der Waals surface area contributed by atoms with Crippen LogP contribution in [0.15, 0.2) is 51.8 Å². The van der Waals surface area contributed by atoms with Crippen LogP contribution < -0.4 is 0 Å². The first kappa shape index (κ1) is 18.6. The zero-order valence-electron chi connectivity index (χ0n) is 13.0. The number of benzene rings is 2. The van der Waals surface area contributed by atoms with Crippen LogP contribution in [-0.2, 0) is 21.4 Å². The first-order chi connectivity index (χ1) is 11.2. The quantitative estimate of drug-likeness (QED) is 0.703. The predicted octanol–water partition coefficient (Wildman–Crippen LogP) is 3.20. The molecule has 2 aromatic carbocycles. The third kappa shape index (κ3) is 4.00. The molecular weight excluding hydrogens is 401 g/mol. The Kier molecular flexibility index (Phi) is 5.74. The van der Waals surface area contributed by atoms with Crippen molar-refractivity contribution in [2.45, 2.75) is 11.5 Å². The number of nitrogens with zero attached hydrogens (tertiary/aromatic N) is 1. The second-order valence-corrected chi connectivity index (χ2v) is 8.07. The number of rotatable bonds is 5. The third-order valence-electron chi connectivity index (χ3n) is 3.24. The molecule has 0 radical (unpaired) electrons. The minimum absolute atomic E-state index is 0.0483. The SMILES string of the molecule is CN(C)S(=O)(=O)c1cc(C(=O)OCc2ccccc2F)ccc1Br. The molecule has 0 atom stereocenters. The molecule has 0 N–H and O–H groups in total. The number of ether oxygens (including phenoxy) is 1. The highest BCUT2D eigenvalue weighted by Crippen LogP contribution is 2.25. The summed E-state index contributed by atoms with van der Waals surface area (Å²) in [6.07, 6.45) is 0. The van der Waals surface area contributed by atoms with E-state index in [0.717, 1.165) is 4.31 Å². The molecular formula is C16H15BrFNO4S. The summed E-state index contributed by atoms with van der Waals surface area (Å²) in [6.45, 7) is -0.239. The zero-order valence-corrected chi connectivity index (χ0v) is 15.4. The van der Waals surface area contributed by atoms with Crippen LogP contribution in [0, 0.1) is 5.82 Å². The highest BCUT2D eigenvalue weighted by atomic mass is 79.9. The average molecular weight is 416 g/mol. The minimum atomic E-state index is -3.72. The van der Waals surface area contributed by atoms with Crippen LogP contribution >= 0.6 is 15.9 Å². The van der Waals surface area contributed by atoms with Crippen molar-refractivity contribution in [3.05, 3.63) is 63.9 Å². The Balaban J connectivity index is 2.23. The summed E-state index contributed by atoms with van der Waals surface area (Å²) in [5.41, 5.74) is 0.305. The van der Waals surface area contributed by atoms with E-state index in [-0.39, 0.29) is 22.6 Å². The van der Waals surface area contributed by atoms with Crippen LogP contribution in [0.25, 0.3) is 0 Å². The molecule has 2 aromatic rings. The Bertz CT molecular complexity index is 868. The molecule has 0 aliphatic rings. The van der Waals surface area contributed by atoms with Gasteiger partial charge in [-0.2, -0.15) is 0 Å². The topological polar surface area (TPSA) is 63.7 Å². The van der Waals surface area contributed by atoms with Gasteiger partial charge in [-0.1, -0.05) is 18.2 Å². The lowest BCUT2D eigenvalue weighted by Crippen LogP contribution is -2.23. The minimum Gasteiger partial charge on any atom is -0.457 e. The summed E-state index contributed by atoms with van der Waals surface area (Å²) in [5, 5.41) is 0. The van der Waals surface area contributed by atoms with Crippen molar-refractivity contribution in [1.29, 1.82) is 0 Å². The number of hydrogen-bond donors (Lipinski definition) is 0. The lowest BCUT2D eigenvalue weighted by Gasteiger charge is -2.14. The lowest BCUT2D eigenvalue weighted by atomic mass is 10.2. The lowest BCUT2D eigenvalue weighted by molar-refractivity contribution is 0.0468. The number of halogens is 2. The second kappa shape index (κ2) is 7.42. The molecule has 0 saturated heterocycles. The Morgan fingerprint density at radius 1 is 1.21 bits per heavy atom. The van der Waals surface area contributed by atoms with Gasteiger partial charge in [0, 0.05) is 24.1 Å². The molecule has 8 heteroatoms. The third-order valence-corrected chi connectivity index (χ3v) is 6.05. The highest BCUT2D eigenvalue weighted by Gasteiger charge is 2.22. The molecule has 0 aliphatic heterocycles. The molecule has 0 bridgehead atoms. The van der Waals surface area contributed by atoms with Crippen molar-refractivity contribution < 1.29 is 22.3 Å². The van der Waals surface area contributed by atoms with Crippen molar-refractivity contribution >= 4 is 31.9 Å². The monoisotopic (exact) mass is 415 g/mol. The van der Waals surface area contributed by atoms with E-state index >= 15 is 0 Å². The number of carbonyl (C=O) groups is 1. The van der Waals surface area contributed by atoms with Gasteiger partial charge in [0.1, 0.15) is 12.4 Å². The first-order valence-corrected chi connectivity index (χ1v) is 9.09. The first-order valence-electron chi connectivity index (χ1n) is 6.86. The van der Waals surface area contributed by atoms with E-state index < -0.39 is 21.8 Å². The highest BCUT2D eigenvalue weighted by molar-refractivity contribution is 9.10. The van der Waals surface area contributed by atoms with E-state index in [1.54, 1.807) is 6.07 Å². The molecule has 0 amide bonds. The maximum absolute atomic E-state index is 13.5. The summed E-state index contributed by atoms with van der Waals surface area (Å²) in [6, 6.07) is 10.1. The molecule has 0 heterocycles. The summed E-state index contributed by atoms with van der Waals surface area (Å²) in [4.78, 5) is 12.1. The maximum atomic E-state index is 13.5. The van der Waals surface area contributed by atoms with Gasteiger partial charge in [0.05, 0.1) is 10.5 Å². The number of carbonyl (C=O) groups excluding carboxylic acids is 1. The molecule has 0 aliphatic carbocycles. The Hall–Kier alpha value is -1.77. The van der Waals surface area contributed by atoms with Crippen molar-refractivity contribution in [1.82, 2.24) is 4.31 Å². The van der Waals surface area contributed by atoms with Crippen molar-refractivity contribution in [2.75, 3.05) is 14.1 Å². The van der Waals surface area contributed by atoms with Crippen LogP contribution in [0.1, 0.15) is 15.9 Å². The van der Waals surface area contributed by atoms with Crippen LogP contribution in [0.3, 0.4) is 0 Å². The van der Waals surface area contributed by atoms with Gasteiger partial charge in [-0.05, 0) is 40.2 Å². The fraction of sp³-hybridized carbons (Fsp3) is 0.188. The van der Waals surface area contributed by atoms with Crippen LogP contribution in [0.2, 0.25) is 0 Å². The molecule has 128 valence electrons. The van der Waals surface area contributed by atoms with Gasteiger partial charge in [-0.3, -0.25) is 0 Å². The smallest absolute Gasteiger partial charge is 0.338 e. The van der Waals surface area contributed by atoms with Gasteiger partial charge in [0.2, 0.25) is 10.0 Å². The second-order valence-electron chi connectivity index (χ2n) is 5.10. The summed E-state index contributed by atoms with van der Waals surface area (Å²) < 4.78 is 44.5. The Morgan fingerprint density at radius 2 is 1.88 bits per heavy atom. The van der Waals surface area contributed by atoms with Crippen LogP contribution in [0.4, 0.5) is 4.39 Å². The Morgan fingerprint density at radius 3 is 2.50 bits per heavy atom. The molecule has 0 aromatic heterocycles. The van der Waals surface area contributed by atoms with E-state index in [1.165, 1.54) is 50.5 Å². The summed E-state index contributed by atoms with van der Waals surface area (Å²) >= 11 is 3.16. The van der Waals surface area contributed by atoms with Crippen molar-refractivity contribution in [3.63, 3.8) is 0 Å².